The summed E-state index contributed by atoms with van der Waals surface area (Å²) in [5, 5.41) is 8.02. The van der Waals surface area contributed by atoms with Crippen LogP contribution in [0.1, 0.15) is 24.0 Å². The SMILES string of the molecule is Clc1ccc2c(NCCCCN(Cc3ccccc3)Cc3ccc4ccccc4c3)ccnc2c1. The van der Waals surface area contributed by atoms with E-state index in [0.29, 0.717) is 5.02 Å². The molecule has 0 fully saturated rings. The van der Waals surface area contributed by atoms with Gasteiger partial charge in [0.05, 0.1) is 5.52 Å². The lowest BCUT2D eigenvalue weighted by Gasteiger charge is -2.23. The van der Waals surface area contributed by atoms with Gasteiger partial charge in [-0.3, -0.25) is 9.88 Å². The van der Waals surface area contributed by atoms with Crippen molar-refractivity contribution in [3.05, 3.63) is 119 Å². The van der Waals surface area contributed by atoms with Crippen LogP contribution in [0.3, 0.4) is 0 Å². The van der Waals surface area contributed by atoms with Gasteiger partial charge in [0.1, 0.15) is 0 Å². The van der Waals surface area contributed by atoms with Crippen LogP contribution in [0.2, 0.25) is 5.02 Å². The van der Waals surface area contributed by atoms with Gasteiger partial charge < -0.3 is 5.32 Å². The maximum atomic E-state index is 6.13. The Balaban J connectivity index is 1.20. The topological polar surface area (TPSA) is 28.2 Å². The number of anilines is 1. The average Bonchev–Trinajstić information content (AvgIpc) is 2.89. The van der Waals surface area contributed by atoms with Crippen molar-refractivity contribution in [2.45, 2.75) is 25.9 Å². The lowest BCUT2D eigenvalue weighted by atomic mass is 10.1. The minimum atomic E-state index is 0.715. The first-order valence-corrected chi connectivity index (χ1v) is 12.6. The Labute approximate surface area is 212 Å². The Morgan fingerprint density at radius 3 is 2.40 bits per heavy atom. The highest BCUT2D eigenvalue weighted by atomic mass is 35.5. The molecule has 1 heterocycles. The van der Waals surface area contributed by atoms with Crippen molar-refractivity contribution in [3.8, 4) is 0 Å². The molecule has 4 heteroatoms. The third-order valence-electron chi connectivity index (χ3n) is 6.39. The summed E-state index contributed by atoms with van der Waals surface area (Å²) in [6.07, 6.45) is 4.06. The second-order valence-corrected chi connectivity index (χ2v) is 9.47. The maximum absolute atomic E-state index is 6.13. The predicted molar refractivity (Wildman–Crippen MR) is 149 cm³/mol. The summed E-state index contributed by atoms with van der Waals surface area (Å²) >= 11 is 6.13. The Morgan fingerprint density at radius 1 is 0.714 bits per heavy atom. The fraction of sp³-hybridized carbons (Fsp3) is 0.194. The van der Waals surface area contributed by atoms with Crippen LogP contribution in [0.4, 0.5) is 5.69 Å². The Kier molecular flexibility index (Phi) is 7.57. The fourth-order valence-corrected chi connectivity index (χ4v) is 4.78. The van der Waals surface area contributed by atoms with Gasteiger partial charge in [0.25, 0.3) is 0 Å². The molecule has 0 bridgehead atoms. The molecule has 1 N–H and O–H groups in total. The highest BCUT2D eigenvalue weighted by Gasteiger charge is 2.09. The first kappa shape index (κ1) is 23.3. The van der Waals surface area contributed by atoms with E-state index in [1.165, 1.54) is 21.9 Å². The molecule has 0 atom stereocenters. The zero-order chi connectivity index (χ0) is 23.9. The maximum Gasteiger partial charge on any atom is 0.0737 e. The summed E-state index contributed by atoms with van der Waals surface area (Å²) < 4.78 is 0. The van der Waals surface area contributed by atoms with Crippen molar-refractivity contribution in [3.63, 3.8) is 0 Å². The Hall–Kier alpha value is -3.40. The first-order valence-electron chi connectivity index (χ1n) is 12.3. The van der Waals surface area contributed by atoms with Crippen molar-refractivity contribution in [1.82, 2.24) is 9.88 Å². The summed E-state index contributed by atoms with van der Waals surface area (Å²) in [4.78, 5) is 7.00. The molecule has 5 rings (SSSR count). The largest absolute Gasteiger partial charge is 0.384 e. The van der Waals surface area contributed by atoms with Gasteiger partial charge in [-0.25, -0.2) is 0 Å². The number of nitrogens with zero attached hydrogens (tertiary/aromatic N) is 2. The lowest BCUT2D eigenvalue weighted by molar-refractivity contribution is 0.252. The summed E-state index contributed by atoms with van der Waals surface area (Å²) in [6.45, 7) is 3.88. The summed E-state index contributed by atoms with van der Waals surface area (Å²) in [6, 6.07) is 34.1. The zero-order valence-corrected chi connectivity index (χ0v) is 20.6. The number of pyridine rings is 1. The minimum absolute atomic E-state index is 0.715. The number of nitrogens with one attached hydrogen (secondary N) is 1. The molecule has 5 aromatic rings. The van der Waals surface area contributed by atoms with E-state index in [0.717, 1.165) is 55.6 Å². The van der Waals surface area contributed by atoms with E-state index in [4.69, 9.17) is 11.6 Å². The van der Waals surface area contributed by atoms with Crippen molar-refractivity contribution >= 4 is 39.0 Å². The molecule has 176 valence electrons. The van der Waals surface area contributed by atoms with Gasteiger partial charge >= 0.3 is 0 Å². The number of hydrogen-bond donors (Lipinski definition) is 1. The fourth-order valence-electron chi connectivity index (χ4n) is 4.61. The smallest absolute Gasteiger partial charge is 0.0737 e. The third kappa shape index (κ3) is 6.19. The Morgan fingerprint density at radius 2 is 1.51 bits per heavy atom. The molecule has 0 radical (unpaired) electrons. The van der Waals surface area contributed by atoms with Crippen molar-refractivity contribution in [2.75, 3.05) is 18.4 Å². The average molecular weight is 480 g/mol. The van der Waals surface area contributed by atoms with Gasteiger partial charge in [0, 0.05) is 41.9 Å². The summed E-state index contributed by atoms with van der Waals surface area (Å²) in [5.41, 5.74) is 4.75. The number of benzene rings is 4. The molecule has 4 aromatic carbocycles. The number of hydrogen-bond acceptors (Lipinski definition) is 3. The van der Waals surface area contributed by atoms with Gasteiger partial charge in [0.2, 0.25) is 0 Å². The van der Waals surface area contributed by atoms with Crippen molar-refractivity contribution in [1.29, 1.82) is 0 Å². The Bertz CT molecular complexity index is 1400. The monoisotopic (exact) mass is 479 g/mol. The summed E-state index contributed by atoms with van der Waals surface area (Å²) in [5.74, 6) is 0. The molecule has 1 aromatic heterocycles. The number of rotatable bonds is 10. The molecular formula is C31H30ClN3. The van der Waals surface area contributed by atoms with Crippen LogP contribution in [-0.4, -0.2) is 23.0 Å². The van der Waals surface area contributed by atoms with Crippen LogP contribution in [0.5, 0.6) is 0 Å². The molecule has 0 aliphatic carbocycles. The quantitative estimate of drug-likeness (QED) is 0.206. The van der Waals surface area contributed by atoms with E-state index in [9.17, 15) is 0 Å². The zero-order valence-electron chi connectivity index (χ0n) is 19.8. The molecule has 3 nitrogen and oxygen atoms in total. The second kappa shape index (κ2) is 11.4. The number of aromatic nitrogens is 1. The van der Waals surface area contributed by atoms with E-state index in [2.05, 4.69) is 88.0 Å². The van der Waals surface area contributed by atoms with E-state index >= 15 is 0 Å². The second-order valence-electron chi connectivity index (χ2n) is 9.03. The van der Waals surface area contributed by atoms with Crippen LogP contribution in [0.15, 0.2) is 103 Å². The van der Waals surface area contributed by atoms with Gasteiger partial charge in [0.15, 0.2) is 0 Å². The molecule has 0 amide bonds. The predicted octanol–water partition coefficient (Wildman–Crippen LogP) is 7.94. The molecule has 0 aliphatic heterocycles. The third-order valence-corrected chi connectivity index (χ3v) is 6.63. The minimum Gasteiger partial charge on any atom is -0.384 e. The van der Waals surface area contributed by atoms with E-state index in [1.54, 1.807) is 0 Å². The van der Waals surface area contributed by atoms with Gasteiger partial charge in [-0.05, 0) is 71.6 Å². The molecule has 35 heavy (non-hydrogen) atoms. The van der Waals surface area contributed by atoms with Crippen molar-refractivity contribution in [2.24, 2.45) is 0 Å². The summed E-state index contributed by atoms with van der Waals surface area (Å²) in [7, 11) is 0. The van der Waals surface area contributed by atoms with Crippen LogP contribution >= 0.6 is 11.6 Å². The van der Waals surface area contributed by atoms with Crippen LogP contribution < -0.4 is 5.32 Å². The van der Waals surface area contributed by atoms with Gasteiger partial charge in [-0.2, -0.15) is 0 Å². The highest BCUT2D eigenvalue weighted by Crippen LogP contribution is 2.24. The standard InChI is InChI=1S/C31H30ClN3/c32-28-14-15-29-30(16-18-34-31(29)21-28)33-17-6-7-19-35(22-24-8-2-1-3-9-24)23-25-12-13-26-10-4-5-11-27(26)20-25/h1-5,8-16,18,20-21H,6-7,17,19,22-23H2,(H,33,34). The normalized spacial score (nSPS) is 11.4. The number of fused-ring (bicyclic) bond motifs is 2. The van der Waals surface area contributed by atoms with E-state index in [-0.39, 0.29) is 0 Å². The van der Waals surface area contributed by atoms with E-state index < -0.39 is 0 Å². The number of unbranched alkanes of at least 4 members (excludes halogenated alkanes) is 1. The molecule has 0 saturated carbocycles. The molecule has 0 unspecified atom stereocenters. The highest BCUT2D eigenvalue weighted by molar-refractivity contribution is 6.31. The van der Waals surface area contributed by atoms with E-state index in [1.807, 2.05) is 30.5 Å². The number of halogens is 1. The molecule has 0 saturated heterocycles. The van der Waals surface area contributed by atoms with Gasteiger partial charge in [-0.1, -0.05) is 78.3 Å². The molecule has 0 spiro atoms. The van der Waals surface area contributed by atoms with Crippen LogP contribution in [-0.2, 0) is 13.1 Å². The van der Waals surface area contributed by atoms with Gasteiger partial charge in [-0.15, -0.1) is 0 Å². The van der Waals surface area contributed by atoms with Crippen molar-refractivity contribution < 1.29 is 0 Å². The molecule has 0 aliphatic rings. The lowest BCUT2D eigenvalue weighted by Crippen LogP contribution is -2.24. The van der Waals surface area contributed by atoms with Crippen LogP contribution in [0, 0.1) is 0 Å². The van der Waals surface area contributed by atoms with Crippen LogP contribution in [0.25, 0.3) is 21.7 Å². The first-order chi connectivity index (χ1) is 17.2. The molecular weight excluding hydrogens is 450 g/mol.